The molecule has 2 aromatic carbocycles. The lowest BCUT2D eigenvalue weighted by atomic mass is 9.91. The number of nitrogens with one attached hydrogen (secondary N) is 2. The van der Waals surface area contributed by atoms with Crippen molar-refractivity contribution in [1.82, 2.24) is 10.2 Å². The average molecular weight is 557 g/mol. The fourth-order valence-electron chi connectivity index (χ4n) is 3.96. The second kappa shape index (κ2) is 13.2. The van der Waals surface area contributed by atoms with Crippen LogP contribution in [0.1, 0.15) is 66.0 Å². The molecule has 4 amide bonds. The maximum Gasteiger partial charge on any atom is 0.408 e. The standard InChI is InChI=1S/C29H40N4O7/c1-8-29(5,6)33(26(37)22(17-23(30)35)32-27(38)40-28(2,3)4)24(18-10-9-11-20(34)16-18)25(36)31-19-12-14-21(39-7)15-13-19/h9-16,22,24,34H,8,17H2,1-7H3,(H2,30,35)(H,31,36)(H,32,38). The number of nitrogens with zero attached hydrogens (tertiary/aromatic N) is 1. The number of anilines is 1. The van der Waals surface area contributed by atoms with Crippen molar-refractivity contribution in [2.24, 2.45) is 5.73 Å². The molecule has 0 heterocycles. The number of benzene rings is 2. The van der Waals surface area contributed by atoms with Gasteiger partial charge >= 0.3 is 6.09 Å². The summed E-state index contributed by atoms with van der Waals surface area (Å²) in [6.45, 7) is 10.3. The number of nitrogens with two attached hydrogens (primary N) is 1. The van der Waals surface area contributed by atoms with Gasteiger partial charge in [-0.15, -0.1) is 0 Å². The molecule has 11 nitrogen and oxygen atoms in total. The van der Waals surface area contributed by atoms with E-state index in [-0.39, 0.29) is 5.75 Å². The monoisotopic (exact) mass is 556 g/mol. The number of rotatable bonds is 11. The maximum atomic E-state index is 14.2. The molecule has 2 atom stereocenters. The van der Waals surface area contributed by atoms with Gasteiger partial charge in [-0.3, -0.25) is 14.4 Å². The van der Waals surface area contributed by atoms with Gasteiger partial charge in [0.15, 0.2) is 0 Å². The zero-order chi connectivity index (χ0) is 30.3. The van der Waals surface area contributed by atoms with Gasteiger partial charge in [0.25, 0.3) is 5.91 Å². The number of ether oxygens (including phenoxy) is 2. The number of aromatic hydroxyl groups is 1. The van der Waals surface area contributed by atoms with Crippen LogP contribution in [-0.2, 0) is 19.1 Å². The third-order valence-electron chi connectivity index (χ3n) is 6.20. The van der Waals surface area contributed by atoms with E-state index in [2.05, 4.69) is 10.6 Å². The van der Waals surface area contributed by atoms with Gasteiger partial charge in [-0.05, 0) is 83.0 Å². The molecule has 0 fully saturated rings. The van der Waals surface area contributed by atoms with Crippen molar-refractivity contribution in [3.8, 4) is 11.5 Å². The van der Waals surface area contributed by atoms with Crippen molar-refractivity contribution in [3.05, 3.63) is 54.1 Å². The number of primary amides is 1. The fourth-order valence-corrected chi connectivity index (χ4v) is 3.96. The average Bonchev–Trinajstić information content (AvgIpc) is 2.85. The molecule has 0 aliphatic carbocycles. The number of alkyl carbamates (subject to hydrolysis) is 1. The Labute approximate surface area is 235 Å². The van der Waals surface area contributed by atoms with E-state index in [9.17, 15) is 24.3 Å². The molecule has 0 aromatic heterocycles. The summed E-state index contributed by atoms with van der Waals surface area (Å²) in [6, 6.07) is 9.93. The SMILES string of the molecule is CCC(C)(C)N(C(=O)C(CC(N)=O)NC(=O)OC(C)(C)C)C(C(=O)Nc1ccc(OC)cc1)c1cccc(O)c1. The first-order valence-electron chi connectivity index (χ1n) is 12.9. The normalized spacial score (nSPS) is 13.0. The summed E-state index contributed by atoms with van der Waals surface area (Å²) in [5.41, 5.74) is 4.37. The minimum Gasteiger partial charge on any atom is -0.508 e. The molecule has 5 N–H and O–H groups in total. The summed E-state index contributed by atoms with van der Waals surface area (Å²) in [4.78, 5) is 54.0. The van der Waals surface area contributed by atoms with Gasteiger partial charge in [0.2, 0.25) is 11.8 Å². The van der Waals surface area contributed by atoms with Crippen LogP contribution in [0, 0.1) is 0 Å². The number of amides is 4. The van der Waals surface area contributed by atoms with Crippen molar-refractivity contribution in [2.45, 2.75) is 77.6 Å². The van der Waals surface area contributed by atoms with E-state index >= 15 is 0 Å². The van der Waals surface area contributed by atoms with Crippen molar-refractivity contribution in [3.63, 3.8) is 0 Å². The van der Waals surface area contributed by atoms with E-state index in [0.29, 0.717) is 23.4 Å². The van der Waals surface area contributed by atoms with Crippen LogP contribution >= 0.6 is 0 Å². The van der Waals surface area contributed by atoms with E-state index < -0.39 is 53.5 Å². The van der Waals surface area contributed by atoms with E-state index in [4.69, 9.17) is 15.2 Å². The number of hydrogen-bond acceptors (Lipinski definition) is 7. The Bertz CT molecular complexity index is 1210. The number of hydrogen-bond donors (Lipinski definition) is 4. The number of carbonyl (C=O) groups is 4. The van der Waals surface area contributed by atoms with E-state index in [1.54, 1.807) is 71.0 Å². The van der Waals surface area contributed by atoms with E-state index in [0.717, 1.165) is 0 Å². The van der Waals surface area contributed by atoms with Gasteiger partial charge in [-0.25, -0.2) is 4.79 Å². The molecular weight excluding hydrogens is 516 g/mol. The van der Waals surface area contributed by atoms with Gasteiger partial charge in [-0.2, -0.15) is 0 Å². The van der Waals surface area contributed by atoms with Crippen LogP contribution in [0.4, 0.5) is 10.5 Å². The molecule has 0 saturated heterocycles. The zero-order valence-corrected chi connectivity index (χ0v) is 24.1. The van der Waals surface area contributed by atoms with Crippen LogP contribution < -0.4 is 21.1 Å². The predicted octanol–water partition coefficient (Wildman–Crippen LogP) is 3.87. The Morgan fingerprint density at radius 2 is 1.65 bits per heavy atom. The van der Waals surface area contributed by atoms with Gasteiger partial charge < -0.3 is 35.8 Å². The summed E-state index contributed by atoms with van der Waals surface area (Å²) in [6.07, 6.45) is -1.04. The van der Waals surface area contributed by atoms with Gasteiger partial charge in [0.1, 0.15) is 29.2 Å². The summed E-state index contributed by atoms with van der Waals surface area (Å²) in [7, 11) is 1.52. The van der Waals surface area contributed by atoms with Crippen molar-refractivity contribution < 1.29 is 33.8 Å². The molecule has 40 heavy (non-hydrogen) atoms. The third-order valence-corrected chi connectivity index (χ3v) is 6.20. The van der Waals surface area contributed by atoms with Crippen molar-refractivity contribution >= 4 is 29.5 Å². The number of carbonyl (C=O) groups excluding carboxylic acids is 4. The highest BCUT2D eigenvalue weighted by Gasteiger charge is 2.43. The molecule has 0 aliphatic rings. The summed E-state index contributed by atoms with van der Waals surface area (Å²) in [5.74, 6) is -1.66. The van der Waals surface area contributed by atoms with Gasteiger partial charge in [0, 0.05) is 11.2 Å². The number of phenolic OH excluding ortho intramolecular Hbond substituents is 1. The molecule has 11 heteroatoms. The second-order valence-electron chi connectivity index (χ2n) is 11.0. The highest BCUT2D eigenvalue weighted by Crippen LogP contribution is 2.34. The lowest BCUT2D eigenvalue weighted by Crippen LogP contribution is -2.59. The molecule has 0 aliphatic heterocycles. The predicted molar refractivity (Wildman–Crippen MR) is 151 cm³/mol. The molecule has 0 radical (unpaired) electrons. The first-order chi connectivity index (χ1) is 18.6. The van der Waals surface area contributed by atoms with Crippen LogP contribution in [0.2, 0.25) is 0 Å². The summed E-state index contributed by atoms with van der Waals surface area (Å²) >= 11 is 0. The molecule has 0 saturated carbocycles. The van der Waals surface area contributed by atoms with Crippen LogP contribution in [0.15, 0.2) is 48.5 Å². The lowest BCUT2D eigenvalue weighted by Gasteiger charge is -2.44. The minimum absolute atomic E-state index is 0.109. The minimum atomic E-state index is -1.42. The Balaban J connectivity index is 2.63. The van der Waals surface area contributed by atoms with Gasteiger partial charge in [-0.1, -0.05) is 19.1 Å². The van der Waals surface area contributed by atoms with Crippen LogP contribution in [0.25, 0.3) is 0 Å². The third kappa shape index (κ3) is 8.89. The molecular formula is C29H40N4O7. The molecule has 0 spiro atoms. The first-order valence-corrected chi connectivity index (χ1v) is 12.9. The molecule has 218 valence electrons. The quantitative estimate of drug-likeness (QED) is 0.327. The van der Waals surface area contributed by atoms with Gasteiger partial charge in [0.05, 0.1) is 13.5 Å². The Morgan fingerprint density at radius 1 is 1.02 bits per heavy atom. The zero-order valence-electron chi connectivity index (χ0n) is 24.1. The first kappa shape index (κ1) is 31.9. The lowest BCUT2D eigenvalue weighted by molar-refractivity contribution is -0.148. The van der Waals surface area contributed by atoms with Crippen LogP contribution in [-0.4, -0.2) is 58.1 Å². The topological polar surface area (TPSA) is 160 Å². The number of phenols is 1. The highest BCUT2D eigenvalue weighted by atomic mass is 16.6. The van der Waals surface area contributed by atoms with E-state index in [1.165, 1.54) is 24.1 Å². The molecule has 0 bridgehead atoms. The second-order valence-corrected chi connectivity index (χ2v) is 11.0. The maximum absolute atomic E-state index is 14.2. The largest absolute Gasteiger partial charge is 0.508 e. The van der Waals surface area contributed by atoms with Crippen LogP contribution in [0.3, 0.4) is 0 Å². The van der Waals surface area contributed by atoms with E-state index in [1.807, 2.05) is 6.92 Å². The highest BCUT2D eigenvalue weighted by molar-refractivity contribution is 6.00. The summed E-state index contributed by atoms with van der Waals surface area (Å²) in [5, 5.41) is 15.5. The van der Waals surface area contributed by atoms with Crippen LogP contribution in [0.5, 0.6) is 11.5 Å². The molecule has 2 unspecified atom stereocenters. The fraction of sp³-hybridized carbons (Fsp3) is 0.448. The van der Waals surface area contributed by atoms with Crippen molar-refractivity contribution in [2.75, 3.05) is 12.4 Å². The molecule has 2 rings (SSSR count). The number of methoxy groups -OCH3 is 1. The smallest absolute Gasteiger partial charge is 0.408 e. The Morgan fingerprint density at radius 3 is 2.15 bits per heavy atom. The molecule has 2 aromatic rings. The Hall–Kier alpha value is -4.28. The Kier molecular flexibility index (Phi) is 10.5. The van der Waals surface area contributed by atoms with Crippen molar-refractivity contribution in [1.29, 1.82) is 0 Å². The summed E-state index contributed by atoms with van der Waals surface area (Å²) < 4.78 is 10.5.